The smallest absolute Gasteiger partial charge is 0.383 e. The fourth-order valence-corrected chi connectivity index (χ4v) is 3.57. The maximum Gasteiger partial charge on any atom is 0.389 e. The minimum Gasteiger partial charge on any atom is -0.383 e. The van der Waals surface area contributed by atoms with Gasteiger partial charge in [0.05, 0.1) is 10.2 Å². The first-order valence-corrected chi connectivity index (χ1v) is 8.69. The predicted molar refractivity (Wildman–Crippen MR) is 84.4 cm³/mol. The van der Waals surface area contributed by atoms with E-state index in [9.17, 15) is 13.2 Å². The van der Waals surface area contributed by atoms with Crippen LogP contribution in [0.4, 0.5) is 18.9 Å². The van der Waals surface area contributed by atoms with E-state index in [0.717, 1.165) is 20.2 Å². The Balaban J connectivity index is 1.92. The maximum atomic E-state index is 12.1. The Morgan fingerprint density at radius 1 is 1.38 bits per heavy atom. The van der Waals surface area contributed by atoms with Gasteiger partial charge in [0, 0.05) is 18.2 Å². The second-order valence-electron chi connectivity index (χ2n) is 4.92. The number of benzene rings is 1. The molecular formula is C14H17F3N2S2. The Bertz CT molecular complexity index is 595. The van der Waals surface area contributed by atoms with E-state index in [-0.39, 0.29) is 12.5 Å². The summed E-state index contributed by atoms with van der Waals surface area (Å²) in [7, 11) is 0. The lowest BCUT2D eigenvalue weighted by Crippen LogP contribution is -2.16. The third kappa shape index (κ3) is 5.07. The summed E-state index contributed by atoms with van der Waals surface area (Å²) >= 11 is 3.23. The number of alkyl halides is 3. The number of hydrogen-bond donors (Lipinski definition) is 1. The fourth-order valence-electron chi connectivity index (χ4n) is 2.05. The summed E-state index contributed by atoms with van der Waals surface area (Å²) in [6, 6.07) is 5.88. The molecule has 0 fully saturated rings. The Morgan fingerprint density at radius 2 is 2.14 bits per heavy atom. The molecule has 0 aliphatic rings. The lowest BCUT2D eigenvalue weighted by Gasteiger charge is -2.15. The number of anilines is 1. The van der Waals surface area contributed by atoms with Crippen LogP contribution in [-0.2, 0) is 0 Å². The molecule has 1 aromatic heterocycles. The van der Waals surface area contributed by atoms with Crippen molar-refractivity contribution >= 4 is 39.0 Å². The summed E-state index contributed by atoms with van der Waals surface area (Å²) in [5, 5.41) is 3.25. The first-order valence-electron chi connectivity index (χ1n) is 6.65. The third-order valence-electron chi connectivity index (χ3n) is 3.05. The first-order chi connectivity index (χ1) is 9.87. The molecule has 1 atom stereocenters. The number of thiazole rings is 1. The van der Waals surface area contributed by atoms with Crippen LogP contribution in [0.25, 0.3) is 10.2 Å². The molecule has 1 heterocycles. The Morgan fingerprint density at radius 3 is 2.81 bits per heavy atom. The van der Waals surface area contributed by atoms with Crippen molar-refractivity contribution in [1.29, 1.82) is 0 Å². The molecule has 21 heavy (non-hydrogen) atoms. The average molecular weight is 334 g/mol. The molecule has 0 aliphatic carbocycles. The van der Waals surface area contributed by atoms with Crippen molar-refractivity contribution in [1.82, 2.24) is 4.98 Å². The number of nitrogens with one attached hydrogen (secondary N) is 1. The number of aromatic nitrogens is 1. The summed E-state index contributed by atoms with van der Waals surface area (Å²) < 4.78 is 38.5. The van der Waals surface area contributed by atoms with Gasteiger partial charge in [0.15, 0.2) is 4.34 Å². The van der Waals surface area contributed by atoms with E-state index in [1.54, 1.807) is 23.1 Å². The average Bonchev–Trinajstić information content (AvgIpc) is 2.79. The number of hydrogen-bond acceptors (Lipinski definition) is 4. The van der Waals surface area contributed by atoms with Gasteiger partial charge in [-0.05, 0) is 44.2 Å². The van der Waals surface area contributed by atoms with E-state index in [1.165, 1.54) is 0 Å². The molecule has 2 aromatic rings. The Hall–Kier alpha value is -0.950. The molecule has 1 aromatic carbocycles. The maximum absolute atomic E-state index is 12.1. The minimum atomic E-state index is -4.06. The summed E-state index contributed by atoms with van der Waals surface area (Å²) in [6.07, 6.45) is -2.15. The molecule has 116 valence electrons. The van der Waals surface area contributed by atoms with Gasteiger partial charge < -0.3 is 5.32 Å². The number of rotatable bonds is 6. The molecular weight excluding hydrogens is 317 g/mol. The molecule has 2 rings (SSSR count). The van der Waals surface area contributed by atoms with Crippen LogP contribution in [-0.4, -0.2) is 23.5 Å². The van der Waals surface area contributed by atoms with E-state index < -0.39 is 12.6 Å². The van der Waals surface area contributed by atoms with Crippen LogP contribution in [0.3, 0.4) is 0 Å². The van der Waals surface area contributed by atoms with Crippen molar-refractivity contribution in [2.24, 2.45) is 0 Å². The monoisotopic (exact) mass is 334 g/mol. The number of halogens is 3. The van der Waals surface area contributed by atoms with Crippen molar-refractivity contribution in [2.75, 3.05) is 11.6 Å². The van der Waals surface area contributed by atoms with E-state index in [0.29, 0.717) is 6.42 Å². The van der Waals surface area contributed by atoms with E-state index in [4.69, 9.17) is 0 Å². The van der Waals surface area contributed by atoms with E-state index in [1.807, 2.05) is 31.4 Å². The van der Waals surface area contributed by atoms with Gasteiger partial charge >= 0.3 is 6.18 Å². The summed E-state index contributed by atoms with van der Waals surface area (Å²) in [6.45, 7) is 1.90. The quantitative estimate of drug-likeness (QED) is 0.701. The summed E-state index contributed by atoms with van der Waals surface area (Å²) in [5.41, 5.74) is 1.89. The molecule has 0 saturated heterocycles. The van der Waals surface area contributed by atoms with E-state index >= 15 is 0 Å². The van der Waals surface area contributed by atoms with Crippen molar-refractivity contribution in [3.05, 3.63) is 18.2 Å². The van der Waals surface area contributed by atoms with Crippen molar-refractivity contribution in [3.63, 3.8) is 0 Å². The number of nitrogens with zero attached hydrogens (tertiary/aromatic N) is 1. The Kier molecular flexibility index (Phi) is 5.37. The summed E-state index contributed by atoms with van der Waals surface area (Å²) in [4.78, 5) is 4.46. The zero-order chi connectivity index (χ0) is 15.5. The molecule has 0 spiro atoms. The van der Waals surface area contributed by atoms with Crippen molar-refractivity contribution in [3.8, 4) is 0 Å². The van der Waals surface area contributed by atoms with Gasteiger partial charge in [0.1, 0.15) is 0 Å². The van der Waals surface area contributed by atoms with Crippen LogP contribution in [0.15, 0.2) is 22.5 Å². The van der Waals surface area contributed by atoms with Crippen LogP contribution in [0.1, 0.15) is 26.2 Å². The van der Waals surface area contributed by atoms with E-state index in [2.05, 4.69) is 10.3 Å². The molecule has 2 nitrogen and oxygen atoms in total. The second-order valence-corrected chi connectivity index (χ2v) is 7.00. The zero-order valence-electron chi connectivity index (χ0n) is 11.8. The standard InChI is InChI=1S/C14H17F3N2S2/c1-9(4-3-7-14(15,16)17)18-10-5-6-11-12(8-10)21-13(19-11)20-2/h5-6,8-9,18H,3-4,7H2,1-2H3. The molecule has 1 N–H and O–H groups in total. The molecule has 7 heteroatoms. The van der Waals surface area contributed by atoms with Crippen molar-refractivity contribution in [2.45, 2.75) is 42.7 Å². The molecule has 0 saturated carbocycles. The number of fused-ring (bicyclic) bond motifs is 1. The lowest BCUT2D eigenvalue weighted by molar-refractivity contribution is -0.135. The zero-order valence-corrected chi connectivity index (χ0v) is 13.5. The van der Waals surface area contributed by atoms with Gasteiger partial charge in [-0.1, -0.05) is 11.8 Å². The van der Waals surface area contributed by atoms with Crippen LogP contribution in [0.2, 0.25) is 0 Å². The topological polar surface area (TPSA) is 24.9 Å². The fraction of sp³-hybridized carbons (Fsp3) is 0.500. The third-order valence-corrected chi connectivity index (χ3v) is 5.06. The van der Waals surface area contributed by atoms with Gasteiger partial charge in [0.2, 0.25) is 0 Å². The molecule has 1 unspecified atom stereocenters. The van der Waals surface area contributed by atoms with Crippen LogP contribution in [0, 0.1) is 0 Å². The lowest BCUT2D eigenvalue weighted by atomic mass is 10.1. The molecule has 0 amide bonds. The normalized spacial score (nSPS) is 13.6. The van der Waals surface area contributed by atoms with Crippen LogP contribution < -0.4 is 5.32 Å². The SMILES string of the molecule is CSc1nc2ccc(NC(C)CCCC(F)(F)F)cc2s1. The molecule has 0 radical (unpaired) electrons. The molecule has 0 aliphatic heterocycles. The largest absolute Gasteiger partial charge is 0.389 e. The summed E-state index contributed by atoms with van der Waals surface area (Å²) in [5.74, 6) is 0. The van der Waals surface area contributed by atoms with Gasteiger partial charge in [-0.3, -0.25) is 0 Å². The van der Waals surface area contributed by atoms with Crippen molar-refractivity contribution < 1.29 is 13.2 Å². The van der Waals surface area contributed by atoms with Gasteiger partial charge in [-0.15, -0.1) is 11.3 Å². The first kappa shape index (κ1) is 16.4. The minimum absolute atomic E-state index is 0.0118. The molecule has 0 bridgehead atoms. The Labute approximate surface area is 130 Å². The highest BCUT2D eigenvalue weighted by atomic mass is 32.2. The highest BCUT2D eigenvalue weighted by molar-refractivity contribution is 8.00. The number of thioether (sulfide) groups is 1. The van der Waals surface area contributed by atoms with Gasteiger partial charge in [-0.25, -0.2) is 4.98 Å². The highest BCUT2D eigenvalue weighted by Gasteiger charge is 2.26. The van der Waals surface area contributed by atoms with Gasteiger partial charge in [-0.2, -0.15) is 13.2 Å². The predicted octanol–water partition coefficient (Wildman–Crippen LogP) is 5.55. The van der Waals surface area contributed by atoms with Gasteiger partial charge in [0.25, 0.3) is 0 Å². The van der Waals surface area contributed by atoms with Crippen LogP contribution >= 0.6 is 23.1 Å². The van der Waals surface area contributed by atoms with Crippen LogP contribution in [0.5, 0.6) is 0 Å². The second kappa shape index (κ2) is 6.87. The highest BCUT2D eigenvalue weighted by Crippen LogP contribution is 2.30.